The maximum Gasteiger partial charge on any atom is 0.211 e. The number of benzene rings is 1. The minimum atomic E-state index is -3.10. The molecule has 0 bridgehead atoms. The number of nitrogens with zero attached hydrogens (tertiary/aromatic N) is 2. The average molecular weight is 372 g/mol. The van der Waals surface area contributed by atoms with E-state index < -0.39 is 10.0 Å². The molecule has 4 rings (SSSR count). The van der Waals surface area contributed by atoms with Crippen molar-refractivity contribution in [1.82, 2.24) is 14.6 Å². The van der Waals surface area contributed by atoms with Crippen LogP contribution in [0.4, 0.5) is 0 Å². The van der Waals surface area contributed by atoms with Gasteiger partial charge in [-0.15, -0.1) is 0 Å². The van der Waals surface area contributed by atoms with Crippen LogP contribution in [-0.2, 0) is 22.0 Å². The molecule has 2 aromatic rings. The Bertz CT molecular complexity index is 875. The second-order valence-corrected chi connectivity index (χ2v) is 9.47. The van der Waals surface area contributed by atoms with E-state index in [1.165, 1.54) is 17.4 Å². The predicted molar refractivity (Wildman–Crippen MR) is 102 cm³/mol. The van der Waals surface area contributed by atoms with Gasteiger partial charge in [0.25, 0.3) is 0 Å². The van der Waals surface area contributed by atoms with Crippen LogP contribution in [-0.4, -0.2) is 37.1 Å². The first-order valence-corrected chi connectivity index (χ1v) is 11.0. The highest BCUT2D eigenvalue weighted by Crippen LogP contribution is 2.50. The van der Waals surface area contributed by atoms with Crippen LogP contribution in [0, 0.1) is 0 Å². The number of rotatable bonds is 4. The number of hydrogen-bond acceptors (Lipinski definition) is 4. The zero-order valence-corrected chi connectivity index (χ0v) is 15.9. The number of piperidine rings is 1. The van der Waals surface area contributed by atoms with E-state index in [1.54, 1.807) is 4.31 Å². The van der Waals surface area contributed by atoms with Gasteiger partial charge in [-0.3, -0.25) is 4.98 Å². The van der Waals surface area contributed by atoms with Gasteiger partial charge in [0.2, 0.25) is 10.0 Å². The smallest absolute Gasteiger partial charge is 0.211 e. The Morgan fingerprint density at radius 2 is 1.88 bits per heavy atom. The molecule has 1 aliphatic heterocycles. The van der Waals surface area contributed by atoms with Crippen LogP contribution >= 0.6 is 0 Å². The van der Waals surface area contributed by atoms with Gasteiger partial charge in [-0.25, -0.2) is 12.7 Å². The molecule has 1 fully saturated rings. The highest BCUT2D eigenvalue weighted by atomic mass is 32.2. The lowest BCUT2D eigenvalue weighted by Crippen LogP contribution is -2.44. The Kier molecular flexibility index (Phi) is 4.59. The van der Waals surface area contributed by atoms with Crippen molar-refractivity contribution in [2.24, 2.45) is 0 Å². The van der Waals surface area contributed by atoms with Crippen molar-refractivity contribution in [3.05, 3.63) is 65.5 Å². The first kappa shape index (κ1) is 17.6. The van der Waals surface area contributed by atoms with Gasteiger partial charge in [0.15, 0.2) is 0 Å². The quantitative estimate of drug-likeness (QED) is 0.897. The molecule has 1 aromatic heterocycles. The summed E-state index contributed by atoms with van der Waals surface area (Å²) in [6.07, 6.45) is 5.93. The average Bonchev–Trinajstić information content (AvgIpc) is 2.94. The minimum Gasteiger partial charge on any atom is -0.304 e. The van der Waals surface area contributed by atoms with Crippen LogP contribution < -0.4 is 5.32 Å². The van der Waals surface area contributed by atoms with Gasteiger partial charge in [-0.2, -0.15) is 0 Å². The third-order valence-electron chi connectivity index (χ3n) is 5.91. The summed E-state index contributed by atoms with van der Waals surface area (Å²) in [4.78, 5) is 4.40. The minimum absolute atomic E-state index is 0.0829. The van der Waals surface area contributed by atoms with E-state index in [1.807, 2.05) is 24.4 Å². The van der Waals surface area contributed by atoms with Crippen molar-refractivity contribution in [2.45, 2.75) is 37.3 Å². The Morgan fingerprint density at radius 1 is 1.15 bits per heavy atom. The van der Waals surface area contributed by atoms with Gasteiger partial charge in [-0.1, -0.05) is 30.3 Å². The van der Waals surface area contributed by atoms with E-state index in [2.05, 4.69) is 34.6 Å². The Balaban J connectivity index is 1.54. The largest absolute Gasteiger partial charge is 0.304 e. The summed E-state index contributed by atoms with van der Waals surface area (Å²) < 4.78 is 25.4. The van der Waals surface area contributed by atoms with Crippen molar-refractivity contribution >= 4 is 10.0 Å². The lowest BCUT2D eigenvalue weighted by atomic mass is 9.74. The van der Waals surface area contributed by atoms with Crippen LogP contribution in [0.1, 0.15) is 42.1 Å². The molecule has 2 aliphatic rings. The maximum atomic E-state index is 11.9. The van der Waals surface area contributed by atoms with E-state index >= 15 is 0 Å². The lowest BCUT2D eigenvalue weighted by Gasteiger charge is -2.39. The van der Waals surface area contributed by atoms with Gasteiger partial charge < -0.3 is 5.32 Å². The second kappa shape index (κ2) is 6.76. The Labute approximate surface area is 155 Å². The fourth-order valence-corrected chi connectivity index (χ4v) is 5.37. The number of aromatic nitrogens is 1. The molecule has 2 heterocycles. The van der Waals surface area contributed by atoms with Gasteiger partial charge in [0, 0.05) is 31.9 Å². The molecule has 1 aromatic carbocycles. The number of pyridine rings is 1. The zero-order valence-electron chi connectivity index (χ0n) is 15.1. The summed E-state index contributed by atoms with van der Waals surface area (Å²) in [7, 11) is -3.10. The lowest BCUT2D eigenvalue weighted by molar-refractivity contribution is 0.220. The van der Waals surface area contributed by atoms with Crippen molar-refractivity contribution in [2.75, 3.05) is 19.3 Å². The van der Waals surface area contributed by atoms with Crippen LogP contribution in [0.2, 0.25) is 0 Å². The molecule has 1 atom stereocenters. The fraction of sp³-hybridized carbons (Fsp3) is 0.450. The Hall–Kier alpha value is -1.76. The molecule has 26 heavy (non-hydrogen) atoms. The van der Waals surface area contributed by atoms with Crippen molar-refractivity contribution in [3.63, 3.8) is 0 Å². The molecule has 0 amide bonds. The third kappa shape index (κ3) is 3.29. The van der Waals surface area contributed by atoms with E-state index in [0.717, 1.165) is 31.5 Å². The summed E-state index contributed by atoms with van der Waals surface area (Å²) in [5, 5.41) is 3.67. The summed E-state index contributed by atoms with van der Waals surface area (Å²) >= 11 is 0. The molecule has 6 heteroatoms. The highest BCUT2D eigenvalue weighted by molar-refractivity contribution is 7.88. The topological polar surface area (TPSA) is 62.3 Å². The van der Waals surface area contributed by atoms with Crippen LogP contribution in [0.15, 0.2) is 48.7 Å². The van der Waals surface area contributed by atoms with E-state index in [-0.39, 0.29) is 11.5 Å². The highest BCUT2D eigenvalue weighted by Gasteiger charge is 2.46. The number of fused-ring (bicyclic) bond motifs is 2. The molecule has 1 N–H and O–H groups in total. The zero-order chi connectivity index (χ0) is 18.2. The van der Waals surface area contributed by atoms with Gasteiger partial charge >= 0.3 is 0 Å². The van der Waals surface area contributed by atoms with Gasteiger partial charge in [0.1, 0.15) is 0 Å². The summed E-state index contributed by atoms with van der Waals surface area (Å²) in [5.41, 5.74) is 3.88. The maximum absolute atomic E-state index is 11.9. The molecule has 1 spiro atoms. The molecule has 0 saturated carbocycles. The van der Waals surface area contributed by atoms with Crippen LogP contribution in [0.25, 0.3) is 0 Å². The molecule has 138 valence electrons. The number of nitrogens with one attached hydrogen (secondary N) is 1. The molecule has 1 aliphatic carbocycles. The first-order chi connectivity index (χ1) is 12.5. The molecule has 1 saturated heterocycles. The molecule has 5 nitrogen and oxygen atoms in total. The molecular weight excluding hydrogens is 346 g/mol. The number of hydrogen-bond donors (Lipinski definition) is 1. The summed E-state index contributed by atoms with van der Waals surface area (Å²) in [6, 6.07) is 14.9. The molecule has 0 unspecified atom stereocenters. The third-order valence-corrected chi connectivity index (χ3v) is 7.21. The second-order valence-electron chi connectivity index (χ2n) is 7.49. The molecular formula is C20H25N3O2S. The SMILES string of the molecule is CS(=O)(=O)N1CCC2(CC1)C[C@H](NCc1ccccn1)c1ccccc12. The van der Waals surface area contributed by atoms with Crippen LogP contribution in [0.3, 0.4) is 0 Å². The Morgan fingerprint density at radius 3 is 2.58 bits per heavy atom. The number of sulfonamides is 1. The molecule has 0 radical (unpaired) electrons. The first-order valence-electron chi connectivity index (χ1n) is 9.16. The van der Waals surface area contributed by atoms with E-state index in [0.29, 0.717) is 13.1 Å². The predicted octanol–water partition coefficient (Wildman–Crippen LogP) is 2.61. The monoisotopic (exact) mass is 371 g/mol. The van der Waals surface area contributed by atoms with Gasteiger partial charge in [0.05, 0.1) is 11.9 Å². The van der Waals surface area contributed by atoms with Crippen molar-refractivity contribution < 1.29 is 8.42 Å². The standard InChI is InChI=1S/C20H25N3O2S/c1-26(24,25)23-12-9-20(10-13-23)14-19(17-7-2-3-8-18(17)20)22-15-16-6-4-5-11-21-16/h2-8,11,19,22H,9-10,12-15H2,1H3/t19-/m0/s1. The van der Waals surface area contributed by atoms with Crippen molar-refractivity contribution in [1.29, 1.82) is 0 Å². The van der Waals surface area contributed by atoms with E-state index in [9.17, 15) is 8.42 Å². The van der Waals surface area contributed by atoms with Crippen molar-refractivity contribution in [3.8, 4) is 0 Å². The summed E-state index contributed by atoms with van der Waals surface area (Å²) in [5.74, 6) is 0. The van der Waals surface area contributed by atoms with Crippen LogP contribution in [0.5, 0.6) is 0 Å². The summed E-state index contributed by atoms with van der Waals surface area (Å²) in [6.45, 7) is 1.96. The van der Waals surface area contributed by atoms with Gasteiger partial charge in [-0.05, 0) is 47.9 Å². The normalized spacial score (nSPS) is 22.4. The van der Waals surface area contributed by atoms with E-state index in [4.69, 9.17) is 0 Å². The fourth-order valence-electron chi connectivity index (χ4n) is 4.53.